The van der Waals surface area contributed by atoms with Crippen LogP contribution in [0.1, 0.15) is 91.4 Å². The maximum atomic E-state index is 10.1. The number of hydrogen-bond donors (Lipinski definition) is 2. The van der Waals surface area contributed by atoms with Gasteiger partial charge in [-0.25, -0.2) is 0 Å². The Kier molecular flexibility index (Phi) is 9.66. The molecule has 0 bridgehead atoms. The van der Waals surface area contributed by atoms with E-state index in [1.165, 1.54) is 25.3 Å². The summed E-state index contributed by atoms with van der Waals surface area (Å²) in [7, 11) is 0. The SMILES string of the molecule is CCCCCCC(CCCC)(CCCC)Oc1cccc(O)c1O. The number of ether oxygens (including phenoxy) is 1. The van der Waals surface area contributed by atoms with Gasteiger partial charge in [-0.05, 0) is 50.7 Å². The molecule has 0 spiro atoms. The number of phenols is 2. The van der Waals surface area contributed by atoms with E-state index in [0.29, 0.717) is 5.75 Å². The molecule has 0 heterocycles. The Labute approximate surface area is 148 Å². The molecule has 0 aliphatic carbocycles. The van der Waals surface area contributed by atoms with Crippen LogP contribution in [-0.2, 0) is 0 Å². The normalized spacial score (nSPS) is 11.6. The molecule has 0 saturated heterocycles. The van der Waals surface area contributed by atoms with Crippen LogP contribution in [0, 0.1) is 0 Å². The lowest BCUT2D eigenvalue weighted by Gasteiger charge is -2.35. The van der Waals surface area contributed by atoms with Crippen molar-refractivity contribution in [3.63, 3.8) is 0 Å². The van der Waals surface area contributed by atoms with Crippen LogP contribution in [0.5, 0.6) is 17.2 Å². The summed E-state index contributed by atoms with van der Waals surface area (Å²) in [4.78, 5) is 0. The van der Waals surface area contributed by atoms with Crippen LogP contribution < -0.4 is 4.74 Å². The van der Waals surface area contributed by atoms with Crippen molar-refractivity contribution in [1.29, 1.82) is 0 Å². The molecule has 1 rings (SSSR count). The standard InChI is InChI=1S/C21H36O3/c1-4-7-10-11-17-21(15-8-5-2,16-9-6-3)24-19-14-12-13-18(22)20(19)23/h12-14,22-23H,4-11,15-17H2,1-3H3. The smallest absolute Gasteiger partial charge is 0.200 e. The summed E-state index contributed by atoms with van der Waals surface area (Å²) >= 11 is 0. The minimum Gasteiger partial charge on any atom is -0.504 e. The molecule has 0 aliphatic heterocycles. The number of hydrogen-bond acceptors (Lipinski definition) is 3. The number of aromatic hydroxyl groups is 2. The average molecular weight is 337 g/mol. The van der Waals surface area contributed by atoms with E-state index in [1.54, 1.807) is 12.1 Å². The van der Waals surface area contributed by atoms with Gasteiger partial charge in [0, 0.05) is 0 Å². The fourth-order valence-corrected chi connectivity index (χ4v) is 3.23. The lowest BCUT2D eigenvalue weighted by molar-refractivity contribution is 0.0314. The van der Waals surface area contributed by atoms with Crippen LogP contribution in [0.3, 0.4) is 0 Å². The van der Waals surface area contributed by atoms with Crippen molar-refractivity contribution in [2.45, 2.75) is 97.0 Å². The molecule has 0 aromatic heterocycles. The van der Waals surface area contributed by atoms with Crippen LogP contribution in [0.25, 0.3) is 0 Å². The Hall–Kier alpha value is -1.38. The first kappa shape index (κ1) is 20.7. The van der Waals surface area contributed by atoms with Gasteiger partial charge in [0.25, 0.3) is 0 Å². The number of phenolic OH excluding ortho intramolecular Hbond substituents is 2. The largest absolute Gasteiger partial charge is 0.504 e. The summed E-state index contributed by atoms with van der Waals surface area (Å²) in [6, 6.07) is 4.98. The van der Waals surface area contributed by atoms with Gasteiger partial charge in [0.2, 0.25) is 5.75 Å². The lowest BCUT2D eigenvalue weighted by Crippen LogP contribution is -2.36. The van der Waals surface area contributed by atoms with Gasteiger partial charge >= 0.3 is 0 Å². The first-order valence-electron chi connectivity index (χ1n) is 9.78. The van der Waals surface area contributed by atoms with Gasteiger partial charge in [-0.2, -0.15) is 0 Å². The van der Waals surface area contributed by atoms with Crippen LogP contribution in [0.2, 0.25) is 0 Å². The number of unbranched alkanes of at least 4 members (excludes halogenated alkanes) is 5. The number of rotatable bonds is 13. The molecule has 0 amide bonds. The molecule has 0 unspecified atom stereocenters. The van der Waals surface area contributed by atoms with Gasteiger partial charge in [0.15, 0.2) is 11.5 Å². The summed E-state index contributed by atoms with van der Waals surface area (Å²) in [5, 5.41) is 19.9. The highest BCUT2D eigenvalue weighted by Gasteiger charge is 2.32. The fraction of sp³-hybridized carbons (Fsp3) is 0.714. The van der Waals surface area contributed by atoms with Crippen molar-refractivity contribution in [3.05, 3.63) is 18.2 Å². The third-order valence-electron chi connectivity index (χ3n) is 4.76. The van der Waals surface area contributed by atoms with E-state index >= 15 is 0 Å². The monoisotopic (exact) mass is 336 g/mol. The minimum absolute atomic E-state index is 0.113. The maximum Gasteiger partial charge on any atom is 0.200 e. The van der Waals surface area contributed by atoms with Crippen LogP contribution in [0.4, 0.5) is 0 Å². The predicted octanol–water partition coefficient (Wildman–Crippen LogP) is 6.57. The zero-order chi connectivity index (χ0) is 17.8. The Balaban J connectivity index is 2.95. The minimum atomic E-state index is -0.231. The molecule has 3 nitrogen and oxygen atoms in total. The summed E-state index contributed by atoms with van der Waals surface area (Å²) in [6.07, 6.45) is 12.4. The Bertz CT molecular complexity index is 448. The van der Waals surface area contributed by atoms with E-state index in [1.807, 2.05) is 0 Å². The molecule has 3 heteroatoms. The van der Waals surface area contributed by atoms with E-state index in [0.717, 1.165) is 51.4 Å². The van der Waals surface area contributed by atoms with Crippen LogP contribution in [0.15, 0.2) is 18.2 Å². The van der Waals surface area contributed by atoms with E-state index in [-0.39, 0.29) is 17.1 Å². The molecule has 0 atom stereocenters. The van der Waals surface area contributed by atoms with Crippen LogP contribution >= 0.6 is 0 Å². The van der Waals surface area contributed by atoms with Gasteiger partial charge in [-0.3, -0.25) is 0 Å². The zero-order valence-electron chi connectivity index (χ0n) is 15.8. The first-order valence-corrected chi connectivity index (χ1v) is 9.78. The number of para-hydroxylation sites is 1. The molecule has 0 radical (unpaired) electrons. The average Bonchev–Trinajstić information content (AvgIpc) is 2.59. The van der Waals surface area contributed by atoms with Crippen molar-refractivity contribution in [1.82, 2.24) is 0 Å². The summed E-state index contributed by atoms with van der Waals surface area (Å²) in [5.74, 6) is 0.166. The topological polar surface area (TPSA) is 49.7 Å². The Morgan fingerprint density at radius 3 is 1.96 bits per heavy atom. The fourth-order valence-electron chi connectivity index (χ4n) is 3.23. The van der Waals surface area contributed by atoms with Gasteiger partial charge in [0.1, 0.15) is 5.60 Å². The molecule has 0 saturated carbocycles. The van der Waals surface area contributed by atoms with E-state index < -0.39 is 0 Å². The molecule has 0 aliphatic rings. The third kappa shape index (κ3) is 6.62. The summed E-state index contributed by atoms with van der Waals surface area (Å²) in [6.45, 7) is 6.63. The molecule has 2 N–H and O–H groups in total. The van der Waals surface area contributed by atoms with Gasteiger partial charge in [-0.15, -0.1) is 0 Å². The second-order valence-electron chi connectivity index (χ2n) is 6.93. The highest BCUT2D eigenvalue weighted by molar-refractivity contribution is 5.49. The Morgan fingerprint density at radius 2 is 1.38 bits per heavy atom. The first-order chi connectivity index (χ1) is 11.6. The lowest BCUT2D eigenvalue weighted by atomic mass is 9.85. The molecule has 138 valence electrons. The van der Waals surface area contributed by atoms with E-state index in [2.05, 4.69) is 20.8 Å². The quantitative estimate of drug-likeness (QED) is 0.316. The maximum absolute atomic E-state index is 10.1. The molecule has 1 aromatic rings. The Morgan fingerprint density at radius 1 is 0.792 bits per heavy atom. The highest BCUT2D eigenvalue weighted by atomic mass is 16.5. The van der Waals surface area contributed by atoms with Gasteiger partial charge in [-0.1, -0.05) is 58.9 Å². The van der Waals surface area contributed by atoms with Crippen molar-refractivity contribution in [3.8, 4) is 17.2 Å². The predicted molar refractivity (Wildman–Crippen MR) is 101 cm³/mol. The highest BCUT2D eigenvalue weighted by Crippen LogP contribution is 2.40. The van der Waals surface area contributed by atoms with Crippen LogP contribution in [-0.4, -0.2) is 15.8 Å². The third-order valence-corrected chi connectivity index (χ3v) is 4.76. The van der Waals surface area contributed by atoms with Crippen molar-refractivity contribution in [2.75, 3.05) is 0 Å². The molecule has 24 heavy (non-hydrogen) atoms. The van der Waals surface area contributed by atoms with Crippen molar-refractivity contribution < 1.29 is 14.9 Å². The van der Waals surface area contributed by atoms with E-state index in [4.69, 9.17) is 4.74 Å². The second kappa shape index (κ2) is 11.2. The number of benzene rings is 1. The summed E-state index contributed by atoms with van der Waals surface area (Å²) < 4.78 is 6.39. The summed E-state index contributed by atoms with van der Waals surface area (Å²) in [5.41, 5.74) is -0.231. The van der Waals surface area contributed by atoms with E-state index in [9.17, 15) is 10.2 Å². The molecule has 1 aromatic carbocycles. The zero-order valence-corrected chi connectivity index (χ0v) is 15.8. The molecule has 0 fully saturated rings. The van der Waals surface area contributed by atoms with Gasteiger partial charge < -0.3 is 14.9 Å². The van der Waals surface area contributed by atoms with Crippen molar-refractivity contribution in [2.24, 2.45) is 0 Å². The molecular weight excluding hydrogens is 300 g/mol. The van der Waals surface area contributed by atoms with Crippen molar-refractivity contribution >= 4 is 0 Å². The second-order valence-corrected chi connectivity index (χ2v) is 6.93. The van der Waals surface area contributed by atoms with Gasteiger partial charge in [0.05, 0.1) is 0 Å². The molecular formula is C21H36O3.